The van der Waals surface area contributed by atoms with Gasteiger partial charge in [-0.05, 0) is 19.8 Å². The Kier molecular flexibility index (Phi) is 8.92. The van der Waals surface area contributed by atoms with Crippen LogP contribution in [0.25, 0.3) is 0 Å². The minimum atomic E-state index is -1.77. The van der Waals surface area contributed by atoms with Crippen molar-refractivity contribution in [3.8, 4) is 17.9 Å². The standard InChI is InChI=1S/C17H19F4NO2.C2H6/c1-2-3-9-4-14(20)16(15(21)5-9)17(23)24-10-6-12(18)11(8-22)13(19)7-10;1-2/h9-16H,4-7H2,1H3;1-2H3. The van der Waals surface area contributed by atoms with Crippen molar-refractivity contribution in [1.29, 1.82) is 5.26 Å². The molecule has 0 N–H and O–H groups in total. The van der Waals surface area contributed by atoms with E-state index in [-0.39, 0.29) is 25.7 Å². The number of nitrogens with zero attached hydrogens (tertiary/aromatic N) is 1. The van der Waals surface area contributed by atoms with Gasteiger partial charge in [0.2, 0.25) is 0 Å². The predicted octanol–water partition coefficient (Wildman–Crippen LogP) is 4.26. The third-order valence-electron chi connectivity index (χ3n) is 4.61. The van der Waals surface area contributed by atoms with Crippen molar-refractivity contribution >= 4 is 5.97 Å². The molecule has 0 aromatic carbocycles. The third kappa shape index (κ3) is 5.37. The molecule has 7 heteroatoms. The molecule has 0 radical (unpaired) electrons. The molecule has 4 atom stereocenters. The number of carbonyl (C=O) groups excluding carboxylic acids is 1. The van der Waals surface area contributed by atoms with E-state index in [1.165, 1.54) is 0 Å². The smallest absolute Gasteiger partial charge is 0.315 e. The summed E-state index contributed by atoms with van der Waals surface area (Å²) in [7, 11) is 0. The van der Waals surface area contributed by atoms with Crippen molar-refractivity contribution in [2.45, 2.75) is 77.2 Å². The first-order chi connectivity index (χ1) is 12.4. The van der Waals surface area contributed by atoms with Crippen molar-refractivity contribution in [2.75, 3.05) is 0 Å². The second kappa shape index (κ2) is 10.4. The molecule has 2 saturated carbocycles. The molecule has 26 heavy (non-hydrogen) atoms. The van der Waals surface area contributed by atoms with E-state index in [9.17, 15) is 22.4 Å². The van der Waals surface area contributed by atoms with E-state index in [1.54, 1.807) is 13.0 Å². The summed E-state index contributed by atoms with van der Waals surface area (Å²) in [6.07, 6.45) is -8.96. The maximum atomic E-state index is 14.1. The summed E-state index contributed by atoms with van der Waals surface area (Å²) in [5.74, 6) is 0.734. The van der Waals surface area contributed by atoms with Crippen molar-refractivity contribution in [3.05, 3.63) is 0 Å². The normalized spacial score (nSPS) is 39.3. The molecular weight excluding hydrogens is 350 g/mol. The van der Waals surface area contributed by atoms with E-state index in [1.807, 2.05) is 13.8 Å². The summed E-state index contributed by atoms with van der Waals surface area (Å²) in [4.78, 5) is 12.1. The molecule has 0 heterocycles. The zero-order valence-electron chi connectivity index (χ0n) is 15.2. The van der Waals surface area contributed by atoms with Crippen molar-refractivity contribution in [1.82, 2.24) is 0 Å². The van der Waals surface area contributed by atoms with Crippen LogP contribution in [-0.4, -0.2) is 36.8 Å². The molecule has 3 nitrogen and oxygen atoms in total. The van der Waals surface area contributed by atoms with E-state index < -0.39 is 54.5 Å². The number of halogens is 4. The maximum Gasteiger partial charge on any atom is 0.315 e. The molecule has 0 aromatic rings. The van der Waals surface area contributed by atoms with E-state index in [4.69, 9.17) is 10.00 Å². The summed E-state index contributed by atoms with van der Waals surface area (Å²) < 4.78 is 60.7. The molecule has 0 aromatic heterocycles. The highest BCUT2D eigenvalue weighted by molar-refractivity contribution is 5.74. The van der Waals surface area contributed by atoms with Gasteiger partial charge in [0.1, 0.15) is 42.6 Å². The minimum absolute atomic E-state index is 0.0698. The predicted molar refractivity (Wildman–Crippen MR) is 88.8 cm³/mol. The zero-order valence-corrected chi connectivity index (χ0v) is 15.2. The Labute approximate surface area is 152 Å². The lowest BCUT2D eigenvalue weighted by Gasteiger charge is -2.34. The van der Waals surface area contributed by atoms with Crippen LogP contribution in [0.1, 0.15) is 46.5 Å². The topological polar surface area (TPSA) is 50.1 Å². The summed E-state index contributed by atoms with van der Waals surface area (Å²) in [5, 5.41) is 8.69. The van der Waals surface area contributed by atoms with E-state index >= 15 is 0 Å². The lowest BCUT2D eigenvalue weighted by Crippen LogP contribution is -2.45. The van der Waals surface area contributed by atoms with Crippen molar-refractivity contribution in [3.63, 3.8) is 0 Å². The molecule has 2 aliphatic carbocycles. The second-order valence-electron chi connectivity index (χ2n) is 6.34. The Morgan fingerprint density at radius 2 is 1.46 bits per heavy atom. The molecule has 2 rings (SSSR count). The molecule has 4 unspecified atom stereocenters. The molecule has 0 bridgehead atoms. The lowest BCUT2D eigenvalue weighted by atomic mass is 9.79. The molecular formula is C19H25F4NO2. The van der Waals surface area contributed by atoms with Crippen LogP contribution in [0.15, 0.2) is 0 Å². The Bertz CT molecular complexity index is 544. The molecule has 2 aliphatic rings. The van der Waals surface area contributed by atoms with Gasteiger partial charge in [-0.3, -0.25) is 4.79 Å². The van der Waals surface area contributed by atoms with Gasteiger partial charge in [-0.15, -0.1) is 5.92 Å². The Hall–Kier alpha value is -1.76. The molecule has 0 saturated heterocycles. The summed E-state index contributed by atoms with van der Waals surface area (Å²) >= 11 is 0. The summed E-state index contributed by atoms with van der Waals surface area (Å²) in [6.45, 7) is 5.57. The Balaban J connectivity index is 0.00000163. The van der Waals surface area contributed by atoms with Gasteiger partial charge in [-0.1, -0.05) is 19.8 Å². The fraction of sp³-hybridized carbons (Fsp3) is 0.789. The average Bonchev–Trinajstić information content (AvgIpc) is 2.56. The number of alkyl halides is 4. The maximum absolute atomic E-state index is 14.1. The third-order valence-corrected chi connectivity index (χ3v) is 4.61. The molecule has 0 aliphatic heterocycles. The average molecular weight is 375 g/mol. The first-order valence-corrected chi connectivity index (χ1v) is 8.96. The quantitative estimate of drug-likeness (QED) is 0.412. The van der Waals surface area contributed by atoms with Gasteiger partial charge in [0.15, 0.2) is 0 Å². The highest BCUT2D eigenvalue weighted by Gasteiger charge is 2.46. The van der Waals surface area contributed by atoms with Crippen LogP contribution in [0.4, 0.5) is 17.6 Å². The Morgan fingerprint density at radius 1 is 0.962 bits per heavy atom. The summed E-state index contributed by atoms with van der Waals surface area (Å²) in [5.41, 5.74) is 0. The highest BCUT2D eigenvalue weighted by Crippen LogP contribution is 2.36. The van der Waals surface area contributed by atoms with Crippen LogP contribution >= 0.6 is 0 Å². The fourth-order valence-corrected chi connectivity index (χ4v) is 3.40. The van der Waals surface area contributed by atoms with Gasteiger partial charge in [0.05, 0.1) is 6.07 Å². The second-order valence-corrected chi connectivity index (χ2v) is 6.34. The number of esters is 1. The number of nitriles is 1. The largest absolute Gasteiger partial charge is 0.462 e. The number of carbonyl (C=O) groups is 1. The lowest BCUT2D eigenvalue weighted by molar-refractivity contribution is -0.166. The van der Waals surface area contributed by atoms with Crippen LogP contribution in [-0.2, 0) is 9.53 Å². The van der Waals surface area contributed by atoms with Crippen molar-refractivity contribution < 1.29 is 27.1 Å². The monoisotopic (exact) mass is 375 g/mol. The van der Waals surface area contributed by atoms with Crippen LogP contribution < -0.4 is 0 Å². The van der Waals surface area contributed by atoms with Crippen molar-refractivity contribution in [2.24, 2.45) is 17.8 Å². The van der Waals surface area contributed by atoms with Gasteiger partial charge in [-0.2, -0.15) is 5.26 Å². The van der Waals surface area contributed by atoms with Gasteiger partial charge in [-0.25, -0.2) is 17.6 Å². The van der Waals surface area contributed by atoms with E-state index in [0.29, 0.717) is 0 Å². The van der Waals surface area contributed by atoms with Gasteiger partial charge >= 0.3 is 5.97 Å². The van der Waals surface area contributed by atoms with E-state index in [2.05, 4.69) is 11.8 Å². The highest BCUT2D eigenvalue weighted by atomic mass is 19.2. The van der Waals surface area contributed by atoms with Crippen LogP contribution in [0.3, 0.4) is 0 Å². The number of hydrogen-bond donors (Lipinski definition) is 0. The minimum Gasteiger partial charge on any atom is -0.462 e. The number of rotatable bonds is 2. The van der Waals surface area contributed by atoms with Crippen LogP contribution in [0.5, 0.6) is 0 Å². The van der Waals surface area contributed by atoms with Gasteiger partial charge < -0.3 is 4.74 Å². The summed E-state index contributed by atoms with van der Waals surface area (Å²) in [6, 6.07) is 1.55. The fourth-order valence-electron chi connectivity index (χ4n) is 3.40. The number of hydrogen-bond acceptors (Lipinski definition) is 3. The molecule has 0 amide bonds. The molecule has 2 fully saturated rings. The van der Waals surface area contributed by atoms with Gasteiger partial charge in [0.25, 0.3) is 0 Å². The molecule has 0 spiro atoms. The Morgan fingerprint density at radius 3 is 1.88 bits per heavy atom. The number of ether oxygens (including phenoxy) is 1. The first kappa shape index (κ1) is 22.3. The zero-order chi connectivity index (χ0) is 19.9. The molecule has 146 valence electrons. The first-order valence-electron chi connectivity index (χ1n) is 8.96. The van der Waals surface area contributed by atoms with E-state index in [0.717, 1.165) is 0 Å². The van der Waals surface area contributed by atoms with Crippen LogP contribution in [0.2, 0.25) is 0 Å². The SMILES string of the molecule is CC.CC#CC1CC(F)C(C(=O)OC2CC(F)C(C#N)C(F)C2)C(F)C1. The van der Waals surface area contributed by atoms with Crippen LogP contribution in [0, 0.1) is 40.9 Å². The van der Waals surface area contributed by atoms with Gasteiger partial charge in [0, 0.05) is 18.8 Å².